The molecule has 0 unspecified atom stereocenters. The number of benzene rings is 1. The lowest BCUT2D eigenvalue weighted by Crippen LogP contribution is -2.21. The SMILES string of the molecule is CS(=O)(=O)NCc1cc(F)cc(-c2ccnc3[nH]c(-c4n[nH]c5ccc(-c6cncc(NC(=O)CC7CCCCC7)c6)nc45)cc23)c1. The van der Waals surface area contributed by atoms with Gasteiger partial charge in [0.25, 0.3) is 0 Å². The molecule has 1 aromatic carbocycles. The van der Waals surface area contributed by atoms with Crippen molar-refractivity contribution in [1.82, 2.24) is 34.9 Å². The number of H-pyrrole nitrogens is 2. The summed E-state index contributed by atoms with van der Waals surface area (Å²) in [5.74, 6) is -0.0379. The fourth-order valence-corrected chi connectivity index (χ4v) is 6.72. The number of sulfonamides is 1. The minimum Gasteiger partial charge on any atom is -0.338 e. The second-order valence-corrected chi connectivity index (χ2v) is 14.0. The molecule has 4 N–H and O–H groups in total. The maximum atomic E-state index is 14.6. The molecule has 7 rings (SSSR count). The van der Waals surface area contributed by atoms with Gasteiger partial charge in [-0.15, -0.1) is 0 Å². The van der Waals surface area contributed by atoms with Crippen LogP contribution in [0.25, 0.3) is 55.8 Å². The minimum absolute atomic E-state index is 0.00297. The second kappa shape index (κ2) is 12.6. The quantitative estimate of drug-likeness (QED) is 0.142. The topological polar surface area (TPSA) is 158 Å². The molecule has 1 saturated carbocycles. The molecule has 6 aromatic rings. The Morgan fingerprint density at radius 2 is 1.87 bits per heavy atom. The molecule has 1 amide bonds. The normalized spacial score (nSPS) is 14.2. The third-order valence-corrected chi connectivity index (χ3v) is 9.19. The number of hydrogen-bond acceptors (Lipinski definition) is 7. The number of carbonyl (C=O) groups is 1. The van der Waals surface area contributed by atoms with Crippen LogP contribution in [0.15, 0.2) is 67.1 Å². The molecule has 0 spiro atoms. The number of rotatable bonds is 9. The third kappa shape index (κ3) is 6.91. The zero-order chi connectivity index (χ0) is 32.5. The van der Waals surface area contributed by atoms with Gasteiger partial charge >= 0.3 is 0 Å². The summed E-state index contributed by atoms with van der Waals surface area (Å²) >= 11 is 0. The number of amides is 1. The predicted octanol–water partition coefficient (Wildman–Crippen LogP) is 6.33. The van der Waals surface area contributed by atoms with Crippen molar-refractivity contribution in [2.75, 3.05) is 11.6 Å². The Morgan fingerprint density at radius 1 is 1.02 bits per heavy atom. The van der Waals surface area contributed by atoms with E-state index < -0.39 is 15.8 Å². The summed E-state index contributed by atoms with van der Waals surface area (Å²) in [5.41, 5.74) is 7.01. The van der Waals surface area contributed by atoms with Gasteiger partial charge in [0.2, 0.25) is 15.9 Å². The van der Waals surface area contributed by atoms with Gasteiger partial charge in [0.1, 0.15) is 22.7 Å². The summed E-state index contributed by atoms with van der Waals surface area (Å²) in [6.07, 6.45) is 12.4. The number of aromatic amines is 2. The molecule has 5 heterocycles. The van der Waals surface area contributed by atoms with Crippen molar-refractivity contribution in [2.24, 2.45) is 5.92 Å². The van der Waals surface area contributed by atoms with E-state index in [0.717, 1.165) is 41.1 Å². The lowest BCUT2D eigenvalue weighted by molar-refractivity contribution is -0.117. The lowest BCUT2D eigenvalue weighted by atomic mass is 9.87. The van der Waals surface area contributed by atoms with Gasteiger partial charge in [-0.1, -0.05) is 19.3 Å². The number of aromatic nitrogens is 6. The highest BCUT2D eigenvalue weighted by Gasteiger charge is 2.19. The third-order valence-electron chi connectivity index (χ3n) is 8.52. The summed E-state index contributed by atoms with van der Waals surface area (Å²) in [4.78, 5) is 29.8. The summed E-state index contributed by atoms with van der Waals surface area (Å²) in [5, 5.41) is 11.3. The average molecular weight is 653 g/mol. The average Bonchev–Trinajstić information content (AvgIpc) is 3.68. The molecule has 47 heavy (non-hydrogen) atoms. The Bertz CT molecular complexity index is 2220. The van der Waals surface area contributed by atoms with Crippen molar-refractivity contribution in [3.8, 4) is 33.8 Å². The first-order valence-corrected chi connectivity index (χ1v) is 17.4. The van der Waals surface area contributed by atoms with Crippen LogP contribution in [0.4, 0.5) is 10.1 Å². The van der Waals surface area contributed by atoms with Crippen molar-refractivity contribution in [1.29, 1.82) is 0 Å². The lowest BCUT2D eigenvalue weighted by Gasteiger charge is -2.20. The van der Waals surface area contributed by atoms with Crippen molar-refractivity contribution >= 4 is 43.7 Å². The minimum atomic E-state index is -3.44. The van der Waals surface area contributed by atoms with E-state index in [1.807, 2.05) is 24.3 Å². The molecule has 0 atom stereocenters. The maximum absolute atomic E-state index is 14.6. The molecule has 1 fully saturated rings. The van der Waals surface area contributed by atoms with E-state index in [1.165, 1.54) is 31.4 Å². The molecule has 5 aromatic heterocycles. The van der Waals surface area contributed by atoms with Crippen molar-refractivity contribution in [3.05, 3.63) is 78.5 Å². The predicted molar refractivity (Wildman–Crippen MR) is 179 cm³/mol. The standard InChI is InChI=1S/C34H33FN8O3S/c1-47(45,46)38-17-21-11-22(14-24(35)12-21)26-9-10-37-34-27(26)16-30(41-34)33-32-29(42-43-33)8-7-28(40-32)23-15-25(19-36-18-23)39-31(44)13-20-5-3-2-4-6-20/h7-12,14-16,18-20,38H,2-6,13,17H2,1H3,(H,37,41)(H,39,44)(H,42,43). The highest BCUT2D eigenvalue weighted by Crippen LogP contribution is 2.34. The van der Waals surface area contributed by atoms with Gasteiger partial charge < -0.3 is 10.3 Å². The van der Waals surface area contributed by atoms with E-state index >= 15 is 0 Å². The van der Waals surface area contributed by atoms with Gasteiger partial charge in [0.15, 0.2) is 0 Å². The van der Waals surface area contributed by atoms with Crippen molar-refractivity contribution in [2.45, 2.75) is 45.1 Å². The second-order valence-electron chi connectivity index (χ2n) is 12.1. The number of carbonyl (C=O) groups excluding carboxylic acids is 1. The number of anilines is 1. The van der Waals surface area contributed by atoms with Crippen LogP contribution in [0.5, 0.6) is 0 Å². The Balaban J connectivity index is 1.18. The summed E-state index contributed by atoms with van der Waals surface area (Å²) in [6, 6.07) is 13.8. The van der Waals surface area contributed by atoms with E-state index in [9.17, 15) is 17.6 Å². The van der Waals surface area contributed by atoms with Crippen LogP contribution in [0.2, 0.25) is 0 Å². The molecule has 0 aliphatic heterocycles. The Hall–Kier alpha value is -5.01. The van der Waals surface area contributed by atoms with Crippen LogP contribution in [-0.2, 0) is 21.4 Å². The van der Waals surface area contributed by atoms with Crippen LogP contribution in [0.3, 0.4) is 0 Å². The van der Waals surface area contributed by atoms with Crippen molar-refractivity contribution < 1.29 is 17.6 Å². The molecule has 240 valence electrons. The number of nitrogens with one attached hydrogen (secondary N) is 4. The van der Waals surface area contributed by atoms with Gasteiger partial charge in [-0.05, 0) is 84.0 Å². The van der Waals surface area contributed by atoms with Crippen LogP contribution < -0.4 is 10.0 Å². The van der Waals surface area contributed by atoms with Crippen LogP contribution in [0.1, 0.15) is 44.1 Å². The Morgan fingerprint density at radius 3 is 2.70 bits per heavy atom. The molecular weight excluding hydrogens is 619 g/mol. The number of fused-ring (bicyclic) bond motifs is 2. The largest absolute Gasteiger partial charge is 0.338 e. The smallest absolute Gasteiger partial charge is 0.224 e. The van der Waals surface area contributed by atoms with Gasteiger partial charge in [0.05, 0.1) is 35.0 Å². The van der Waals surface area contributed by atoms with E-state index in [1.54, 1.807) is 30.7 Å². The van der Waals surface area contributed by atoms with E-state index in [4.69, 9.17) is 4.98 Å². The number of halogens is 1. The number of hydrogen-bond donors (Lipinski definition) is 4. The van der Waals surface area contributed by atoms with Gasteiger partial charge in [-0.3, -0.25) is 14.9 Å². The molecule has 1 aliphatic carbocycles. The molecule has 0 saturated heterocycles. The zero-order valence-corrected chi connectivity index (χ0v) is 26.5. The first kappa shape index (κ1) is 30.6. The number of pyridine rings is 3. The van der Waals surface area contributed by atoms with E-state index in [0.29, 0.717) is 57.4 Å². The highest BCUT2D eigenvalue weighted by molar-refractivity contribution is 7.88. The summed E-state index contributed by atoms with van der Waals surface area (Å²) in [7, 11) is -3.44. The fraction of sp³-hybridized carbons (Fsp3) is 0.265. The number of nitrogens with zero attached hydrogens (tertiary/aromatic N) is 4. The molecule has 11 nitrogen and oxygen atoms in total. The van der Waals surface area contributed by atoms with Crippen molar-refractivity contribution in [3.63, 3.8) is 0 Å². The van der Waals surface area contributed by atoms with Crippen LogP contribution in [-0.4, -0.2) is 50.7 Å². The molecular formula is C34H33FN8O3S. The first-order valence-electron chi connectivity index (χ1n) is 15.5. The summed E-state index contributed by atoms with van der Waals surface area (Å²) in [6.45, 7) is -0.0330. The monoisotopic (exact) mass is 652 g/mol. The van der Waals surface area contributed by atoms with Crippen LogP contribution in [0, 0.1) is 11.7 Å². The summed E-state index contributed by atoms with van der Waals surface area (Å²) < 4.78 is 40.2. The Labute approximate surface area is 270 Å². The Kier molecular flexibility index (Phi) is 8.24. The zero-order valence-electron chi connectivity index (χ0n) is 25.7. The maximum Gasteiger partial charge on any atom is 0.224 e. The molecule has 0 radical (unpaired) electrons. The van der Waals surface area contributed by atoms with Gasteiger partial charge in [-0.2, -0.15) is 5.10 Å². The molecule has 0 bridgehead atoms. The van der Waals surface area contributed by atoms with E-state index in [2.05, 4.69) is 35.2 Å². The van der Waals surface area contributed by atoms with Crippen LogP contribution >= 0.6 is 0 Å². The first-order chi connectivity index (χ1) is 22.7. The molecule has 1 aliphatic rings. The molecule has 13 heteroatoms. The van der Waals surface area contributed by atoms with Gasteiger partial charge in [0, 0.05) is 36.3 Å². The van der Waals surface area contributed by atoms with E-state index in [-0.39, 0.29) is 12.5 Å². The van der Waals surface area contributed by atoms with Gasteiger partial charge in [-0.25, -0.2) is 27.5 Å². The fourth-order valence-electron chi connectivity index (χ4n) is 6.29. The highest BCUT2D eigenvalue weighted by atomic mass is 32.2.